The van der Waals surface area contributed by atoms with Gasteiger partial charge in [-0.25, -0.2) is 0 Å². The molecule has 0 bridgehead atoms. The second kappa shape index (κ2) is 9.48. The smallest absolute Gasteiger partial charge is 0.0770 e. The van der Waals surface area contributed by atoms with E-state index in [0.717, 1.165) is 22.1 Å². The summed E-state index contributed by atoms with van der Waals surface area (Å²) < 4.78 is 3.48. The molecule has 0 spiro atoms. The van der Waals surface area contributed by atoms with Gasteiger partial charge < -0.3 is 10.3 Å². The highest BCUT2D eigenvalue weighted by atomic mass is 79.9. The first-order chi connectivity index (χ1) is 17.5. The van der Waals surface area contributed by atoms with Crippen molar-refractivity contribution in [1.82, 2.24) is 4.57 Å². The number of allylic oxidation sites excluding steroid dienone is 3. The van der Waals surface area contributed by atoms with Gasteiger partial charge in [0, 0.05) is 20.7 Å². The fourth-order valence-electron chi connectivity index (χ4n) is 6.01. The van der Waals surface area contributed by atoms with E-state index in [1.807, 2.05) is 18.2 Å². The van der Waals surface area contributed by atoms with Gasteiger partial charge in [0.2, 0.25) is 0 Å². The van der Waals surface area contributed by atoms with Crippen LogP contribution in [-0.4, -0.2) is 4.57 Å². The van der Waals surface area contributed by atoms with E-state index >= 15 is 0 Å². The van der Waals surface area contributed by atoms with E-state index in [1.54, 1.807) is 0 Å². The fraction of sp³-hybridized carbons (Fsp3) is 0.152. The minimum absolute atomic E-state index is 0.604. The Hall–Kier alpha value is -3.56. The van der Waals surface area contributed by atoms with E-state index in [-0.39, 0.29) is 0 Å². The Kier molecular flexibility index (Phi) is 6.36. The van der Waals surface area contributed by atoms with E-state index in [1.165, 1.54) is 44.2 Å². The molecule has 36 heavy (non-hydrogen) atoms. The lowest BCUT2D eigenvalue weighted by atomic mass is 9.61. The van der Waals surface area contributed by atoms with Gasteiger partial charge in [0.15, 0.2) is 0 Å². The summed E-state index contributed by atoms with van der Waals surface area (Å²) in [5, 5.41) is 2.38. The molecule has 1 atom stereocenters. The lowest BCUT2D eigenvalue weighted by Gasteiger charge is -2.44. The third-order valence-corrected chi connectivity index (χ3v) is 8.01. The Labute approximate surface area is 221 Å². The molecule has 5 rings (SSSR count). The predicted molar refractivity (Wildman–Crippen MR) is 158 cm³/mol. The zero-order valence-corrected chi connectivity index (χ0v) is 22.6. The van der Waals surface area contributed by atoms with Crippen LogP contribution in [0.2, 0.25) is 0 Å². The molecule has 2 N–H and O–H groups in total. The second-order valence-electron chi connectivity index (χ2n) is 9.16. The third-order valence-electron chi connectivity index (χ3n) is 7.32. The molecular formula is C33H31BrN2. The van der Waals surface area contributed by atoms with Gasteiger partial charge in [0.05, 0.1) is 16.8 Å². The maximum absolute atomic E-state index is 6.83. The van der Waals surface area contributed by atoms with Crippen LogP contribution in [0.4, 0.5) is 5.69 Å². The number of hydrogen-bond acceptors (Lipinski definition) is 1. The van der Waals surface area contributed by atoms with Crippen molar-refractivity contribution in [1.29, 1.82) is 0 Å². The molecule has 1 aliphatic rings. The predicted octanol–water partition coefficient (Wildman–Crippen LogP) is 7.04. The summed E-state index contributed by atoms with van der Waals surface area (Å²) in [6.45, 7) is 10.6. The van der Waals surface area contributed by atoms with Gasteiger partial charge in [-0.3, -0.25) is 0 Å². The highest BCUT2D eigenvalue weighted by Crippen LogP contribution is 2.56. The normalized spacial score (nSPS) is 18.8. The lowest BCUT2D eigenvalue weighted by Crippen LogP contribution is -2.40. The van der Waals surface area contributed by atoms with Crippen LogP contribution in [0.3, 0.4) is 0 Å². The lowest BCUT2D eigenvalue weighted by molar-refractivity contribution is 0.742. The first-order valence-electron chi connectivity index (χ1n) is 12.4. The summed E-state index contributed by atoms with van der Waals surface area (Å²) in [6, 6.07) is 25.6. The molecule has 0 amide bonds. The van der Waals surface area contributed by atoms with Crippen LogP contribution in [0.15, 0.2) is 96.0 Å². The van der Waals surface area contributed by atoms with Gasteiger partial charge in [-0.05, 0) is 66.3 Å². The Morgan fingerprint density at radius 3 is 2.22 bits per heavy atom. The van der Waals surface area contributed by atoms with Gasteiger partial charge in [-0.2, -0.15) is 0 Å². The van der Waals surface area contributed by atoms with Crippen LogP contribution >= 0.6 is 15.9 Å². The van der Waals surface area contributed by atoms with E-state index in [4.69, 9.17) is 5.73 Å². The SMILES string of the molecule is C=C/C=c1/c(C)c2n(/c1=C/C)-c1ccccc1C(c1ccccc1N)(c1ccccc1Br)/C2=C/CC. The van der Waals surface area contributed by atoms with Crippen molar-refractivity contribution in [2.45, 2.75) is 32.6 Å². The summed E-state index contributed by atoms with van der Waals surface area (Å²) in [6.07, 6.45) is 9.49. The number of nitrogen functional groups attached to an aromatic ring is 1. The molecule has 3 heteroatoms. The average molecular weight is 536 g/mol. The minimum Gasteiger partial charge on any atom is -0.398 e. The number of aromatic nitrogens is 1. The van der Waals surface area contributed by atoms with Crippen molar-refractivity contribution >= 4 is 39.3 Å². The molecule has 0 saturated carbocycles. The molecule has 4 aromatic rings. The number of hydrogen-bond donors (Lipinski definition) is 1. The standard InChI is InChI=1S/C33H31BrN2/c1-5-14-23-22(4)32-27(15-6-2)33(24-16-8-11-19-28(24)34,25-17-9-12-20-29(25)35)26-18-10-13-21-31(26)36(32)30(23)7-3/h5,7-21H,1,6,35H2,2-4H3/b23-14-,27-15+,30-7+. The maximum Gasteiger partial charge on any atom is 0.0770 e. The van der Waals surface area contributed by atoms with Crippen molar-refractivity contribution < 1.29 is 0 Å². The molecular weight excluding hydrogens is 504 g/mol. The van der Waals surface area contributed by atoms with Crippen molar-refractivity contribution in [2.24, 2.45) is 0 Å². The largest absolute Gasteiger partial charge is 0.398 e. The van der Waals surface area contributed by atoms with E-state index in [0.29, 0.717) is 0 Å². The van der Waals surface area contributed by atoms with Crippen LogP contribution in [0.25, 0.3) is 23.4 Å². The number of anilines is 1. The molecule has 0 radical (unpaired) electrons. The molecule has 3 aromatic carbocycles. The van der Waals surface area contributed by atoms with Gasteiger partial charge in [0.25, 0.3) is 0 Å². The van der Waals surface area contributed by atoms with Crippen molar-refractivity contribution in [3.8, 4) is 5.69 Å². The van der Waals surface area contributed by atoms with Crippen LogP contribution in [-0.2, 0) is 5.41 Å². The number of para-hydroxylation sites is 2. The number of fused-ring (bicyclic) bond motifs is 3. The van der Waals surface area contributed by atoms with E-state index in [2.05, 4.69) is 127 Å². The Morgan fingerprint density at radius 1 is 0.944 bits per heavy atom. The first kappa shape index (κ1) is 24.1. The highest BCUT2D eigenvalue weighted by Gasteiger charge is 2.48. The number of nitrogens with zero attached hydrogens (tertiary/aromatic N) is 1. The molecule has 1 aliphatic heterocycles. The Bertz CT molecular complexity index is 1590. The molecule has 2 nitrogen and oxygen atoms in total. The number of nitrogens with two attached hydrogens (primary N) is 1. The first-order valence-corrected chi connectivity index (χ1v) is 13.2. The van der Waals surface area contributed by atoms with Crippen molar-refractivity contribution in [3.05, 3.63) is 135 Å². The molecule has 2 heterocycles. The summed E-state index contributed by atoms with van der Waals surface area (Å²) >= 11 is 3.94. The minimum atomic E-state index is -0.604. The molecule has 180 valence electrons. The quantitative estimate of drug-likeness (QED) is 0.279. The summed E-state index contributed by atoms with van der Waals surface area (Å²) in [5.41, 5.74) is 15.4. The topological polar surface area (TPSA) is 30.9 Å². The zero-order valence-electron chi connectivity index (χ0n) is 21.1. The summed E-state index contributed by atoms with van der Waals surface area (Å²) in [7, 11) is 0. The third kappa shape index (κ3) is 3.30. The Balaban J connectivity index is 2.13. The van der Waals surface area contributed by atoms with E-state index in [9.17, 15) is 0 Å². The Morgan fingerprint density at radius 2 is 1.58 bits per heavy atom. The number of rotatable bonds is 4. The zero-order chi connectivity index (χ0) is 25.4. The maximum atomic E-state index is 6.83. The molecule has 0 fully saturated rings. The van der Waals surface area contributed by atoms with Crippen molar-refractivity contribution in [2.75, 3.05) is 5.73 Å². The molecule has 0 saturated heterocycles. The summed E-state index contributed by atoms with van der Waals surface area (Å²) in [5.74, 6) is 0. The monoisotopic (exact) mass is 534 g/mol. The van der Waals surface area contributed by atoms with Gasteiger partial charge in [-0.15, -0.1) is 0 Å². The molecule has 0 aliphatic carbocycles. The molecule has 1 aromatic heterocycles. The second-order valence-corrected chi connectivity index (χ2v) is 10.0. The van der Waals surface area contributed by atoms with Crippen LogP contribution in [0, 0.1) is 6.92 Å². The summed E-state index contributed by atoms with van der Waals surface area (Å²) in [4.78, 5) is 0. The van der Waals surface area contributed by atoms with Gasteiger partial charge >= 0.3 is 0 Å². The number of benzene rings is 3. The van der Waals surface area contributed by atoms with Gasteiger partial charge in [0.1, 0.15) is 0 Å². The fourth-order valence-corrected chi connectivity index (χ4v) is 6.59. The average Bonchev–Trinajstić information content (AvgIpc) is 3.17. The van der Waals surface area contributed by atoms with Crippen LogP contribution in [0.5, 0.6) is 0 Å². The van der Waals surface area contributed by atoms with Crippen LogP contribution < -0.4 is 16.3 Å². The molecule has 1 unspecified atom stereocenters. The van der Waals surface area contributed by atoms with Crippen molar-refractivity contribution in [3.63, 3.8) is 0 Å². The van der Waals surface area contributed by atoms with E-state index < -0.39 is 5.41 Å². The number of halogens is 1. The van der Waals surface area contributed by atoms with Crippen LogP contribution in [0.1, 0.15) is 48.2 Å². The highest BCUT2D eigenvalue weighted by molar-refractivity contribution is 9.10. The van der Waals surface area contributed by atoms with Gasteiger partial charge in [-0.1, -0.05) is 108 Å².